The Morgan fingerprint density at radius 2 is 1.85 bits per heavy atom. The van der Waals surface area contributed by atoms with E-state index in [0.29, 0.717) is 37.9 Å². The molecule has 0 saturated heterocycles. The van der Waals surface area contributed by atoms with Crippen LogP contribution in [0.5, 0.6) is 11.5 Å². The number of rotatable bonds is 7. The molecule has 3 N–H and O–H groups in total. The van der Waals surface area contributed by atoms with Gasteiger partial charge in [-0.05, 0) is 74.2 Å². The summed E-state index contributed by atoms with van der Waals surface area (Å²) >= 11 is 1.23. The maximum Gasteiger partial charge on any atom is 0.331 e. The number of benzene rings is 2. The second kappa shape index (κ2) is 10.5. The Morgan fingerprint density at radius 1 is 1.07 bits per heavy atom. The highest BCUT2D eigenvalue weighted by molar-refractivity contribution is 7.21. The first kappa shape index (κ1) is 25.6. The van der Waals surface area contributed by atoms with E-state index in [1.165, 1.54) is 17.4 Å². The molecule has 2 unspecified atom stereocenters. The summed E-state index contributed by atoms with van der Waals surface area (Å²) in [6.45, 7) is 5.43. The van der Waals surface area contributed by atoms with Crippen molar-refractivity contribution < 1.29 is 19.1 Å². The highest BCUT2D eigenvalue weighted by Crippen LogP contribution is 2.46. The molecule has 4 amide bonds. The van der Waals surface area contributed by atoms with Crippen LogP contribution in [-0.4, -0.2) is 34.9 Å². The van der Waals surface area contributed by atoms with Crippen LogP contribution < -0.4 is 25.6 Å². The summed E-state index contributed by atoms with van der Waals surface area (Å²) in [6, 6.07) is 16.1. The first-order valence-corrected chi connectivity index (χ1v) is 13.8. The molecule has 2 aromatic carbocycles. The van der Waals surface area contributed by atoms with Crippen molar-refractivity contribution in [3.05, 3.63) is 83.9 Å². The van der Waals surface area contributed by atoms with Gasteiger partial charge in [-0.1, -0.05) is 24.8 Å². The van der Waals surface area contributed by atoms with E-state index in [4.69, 9.17) is 4.74 Å². The second-order valence-corrected chi connectivity index (χ2v) is 10.8. The van der Waals surface area contributed by atoms with Gasteiger partial charge >= 0.3 is 6.03 Å². The molecule has 2 aliphatic rings. The largest absolute Gasteiger partial charge is 0.457 e. The van der Waals surface area contributed by atoms with Crippen molar-refractivity contribution in [1.82, 2.24) is 15.6 Å². The molecule has 0 radical (unpaired) electrons. The van der Waals surface area contributed by atoms with Gasteiger partial charge in [0.15, 0.2) is 0 Å². The number of nitrogens with zero attached hydrogens (tertiary/aromatic N) is 2. The number of urea groups is 1. The summed E-state index contributed by atoms with van der Waals surface area (Å²) < 4.78 is 5.96. The minimum atomic E-state index is -0.371. The minimum absolute atomic E-state index is 0.171. The average molecular weight is 554 g/mol. The summed E-state index contributed by atoms with van der Waals surface area (Å²) in [4.78, 5) is 45.9. The third-order valence-corrected chi connectivity index (χ3v) is 8.28. The summed E-state index contributed by atoms with van der Waals surface area (Å²) in [5.41, 5.74) is 2.64. The molecule has 40 heavy (non-hydrogen) atoms. The topological polar surface area (TPSA) is 113 Å². The molecule has 202 valence electrons. The molecule has 0 bridgehead atoms. The maximum absolute atomic E-state index is 13.5. The van der Waals surface area contributed by atoms with Gasteiger partial charge in [-0.3, -0.25) is 14.5 Å². The maximum atomic E-state index is 13.5. The molecule has 2 aromatic heterocycles. The predicted molar refractivity (Wildman–Crippen MR) is 156 cm³/mol. The van der Waals surface area contributed by atoms with Crippen LogP contribution in [0.25, 0.3) is 10.2 Å². The summed E-state index contributed by atoms with van der Waals surface area (Å²) in [5, 5.41) is 9.62. The molecule has 1 aliphatic carbocycles. The first-order valence-electron chi connectivity index (χ1n) is 13.0. The van der Waals surface area contributed by atoms with E-state index >= 15 is 0 Å². The van der Waals surface area contributed by atoms with Crippen molar-refractivity contribution in [2.24, 2.45) is 0 Å². The smallest absolute Gasteiger partial charge is 0.331 e. The van der Waals surface area contributed by atoms with Gasteiger partial charge in [0.2, 0.25) is 5.91 Å². The number of hydrogen-bond donors (Lipinski definition) is 3. The van der Waals surface area contributed by atoms with Gasteiger partial charge < -0.3 is 20.7 Å². The van der Waals surface area contributed by atoms with Crippen molar-refractivity contribution in [2.75, 3.05) is 10.2 Å². The third-order valence-electron chi connectivity index (χ3n) is 7.19. The quantitative estimate of drug-likeness (QED) is 0.242. The number of nitrogens with one attached hydrogen (secondary N) is 3. The molecule has 0 spiro atoms. The van der Waals surface area contributed by atoms with Gasteiger partial charge in [0.1, 0.15) is 21.2 Å². The zero-order chi connectivity index (χ0) is 27.8. The standard InChI is InChI=1S/C30H27N5O4S/c1-3-24(36)32-20-10-7-11-21(20)33-28(37)27-26-25-23(14-15-31-29(25)40-27)35(30(38)34-26)22-13-12-19(16-17(22)2)39-18-8-5-4-6-9-18/h3-6,8-9,12-16,20-21H,1,7,10-11H2,2H3,(H,32,36)(H,33,37)(H,34,38). The number of anilines is 3. The van der Waals surface area contributed by atoms with E-state index < -0.39 is 0 Å². The van der Waals surface area contributed by atoms with Gasteiger partial charge in [-0.25, -0.2) is 9.78 Å². The second-order valence-electron chi connectivity index (χ2n) is 9.78. The molecule has 3 heterocycles. The lowest BCUT2D eigenvalue weighted by atomic mass is 10.1. The van der Waals surface area contributed by atoms with Gasteiger partial charge in [0.05, 0.1) is 22.4 Å². The van der Waals surface area contributed by atoms with Crippen LogP contribution in [0.15, 0.2) is 73.4 Å². The molecule has 9 nitrogen and oxygen atoms in total. The fourth-order valence-corrected chi connectivity index (χ4v) is 6.35. The number of carbonyl (C=O) groups excluding carboxylic acids is 3. The molecular weight excluding hydrogens is 526 g/mol. The molecule has 4 aromatic rings. The highest BCUT2D eigenvalue weighted by atomic mass is 32.1. The van der Waals surface area contributed by atoms with Gasteiger partial charge in [0, 0.05) is 18.3 Å². The van der Waals surface area contributed by atoms with E-state index in [2.05, 4.69) is 27.5 Å². The Hall–Kier alpha value is -4.70. The van der Waals surface area contributed by atoms with Crippen LogP contribution in [0.3, 0.4) is 0 Å². The van der Waals surface area contributed by atoms with Crippen molar-refractivity contribution in [3.63, 3.8) is 0 Å². The van der Waals surface area contributed by atoms with E-state index in [-0.39, 0.29) is 29.9 Å². The number of pyridine rings is 1. The number of carbonyl (C=O) groups is 3. The Kier molecular flexibility index (Phi) is 6.69. The number of aromatic nitrogens is 1. The van der Waals surface area contributed by atoms with Crippen molar-refractivity contribution >= 4 is 56.5 Å². The van der Waals surface area contributed by atoms with Crippen LogP contribution in [0, 0.1) is 6.92 Å². The lowest BCUT2D eigenvalue weighted by molar-refractivity contribution is -0.117. The lowest BCUT2D eigenvalue weighted by Crippen LogP contribution is -2.48. The Bertz CT molecular complexity index is 1650. The van der Waals surface area contributed by atoms with E-state index in [1.807, 2.05) is 55.5 Å². The number of thiophene rings is 1. The van der Waals surface area contributed by atoms with Crippen molar-refractivity contribution in [3.8, 4) is 11.5 Å². The zero-order valence-corrected chi connectivity index (χ0v) is 22.6. The molecular formula is C30H27N5O4S. The van der Waals surface area contributed by atoms with Crippen molar-refractivity contribution in [1.29, 1.82) is 0 Å². The first-order chi connectivity index (χ1) is 19.4. The number of aryl methyl sites for hydroxylation is 1. The number of amides is 4. The van der Waals surface area contributed by atoms with Crippen LogP contribution in [0.2, 0.25) is 0 Å². The summed E-state index contributed by atoms with van der Waals surface area (Å²) in [7, 11) is 0. The summed E-state index contributed by atoms with van der Waals surface area (Å²) in [5.74, 6) is 0.816. The SMILES string of the molecule is C=CC(=O)NC1CCCC1NC(=O)c1sc2nccc3c2c1NC(=O)N3c1ccc(Oc2ccccc2)cc1C. The van der Waals surface area contributed by atoms with E-state index in [0.717, 1.165) is 30.6 Å². The van der Waals surface area contributed by atoms with Gasteiger partial charge in [0.25, 0.3) is 5.91 Å². The molecule has 1 fully saturated rings. The number of ether oxygens (including phenoxy) is 1. The molecule has 10 heteroatoms. The average Bonchev–Trinajstić information content (AvgIpc) is 3.55. The number of hydrogen-bond acceptors (Lipinski definition) is 6. The lowest BCUT2D eigenvalue weighted by Gasteiger charge is -2.29. The monoisotopic (exact) mass is 553 g/mol. The molecule has 2 atom stereocenters. The van der Waals surface area contributed by atoms with Crippen LogP contribution in [0.1, 0.15) is 34.5 Å². The predicted octanol–water partition coefficient (Wildman–Crippen LogP) is 6.03. The van der Waals surface area contributed by atoms with Crippen LogP contribution >= 0.6 is 11.3 Å². The van der Waals surface area contributed by atoms with Gasteiger partial charge in [-0.15, -0.1) is 11.3 Å². The van der Waals surface area contributed by atoms with E-state index in [1.54, 1.807) is 17.2 Å². The normalized spacial score (nSPS) is 17.8. The summed E-state index contributed by atoms with van der Waals surface area (Å²) in [6.07, 6.45) is 5.29. The third kappa shape index (κ3) is 4.66. The van der Waals surface area contributed by atoms with Crippen LogP contribution in [-0.2, 0) is 4.79 Å². The Balaban J connectivity index is 1.30. The van der Waals surface area contributed by atoms with Crippen LogP contribution in [0.4, 0.5) is 21.9 Å². The van der Waals surface area contributed by atoms with E-state index in [9.17, 15) is 14.4 Å². The molecule has 1 saturated carbocycles. The Labute approximate surface area is 234 Å². The Morgan fingerprint density at radius 3 is 2.60 bits per heavy atom. The fraction of sp³-hybridized carbons (Fsp3) is 0.200. The minimum Gasteiger partial charge on any atom is -0.457 e. The fourth-order valence-electron chi connectivity index (χ4n) is 5.33. The van der Waals surface area contributed by atoms with Gasteiger partial charge in [-0.2, -0.15) is 0 Å². The zero-order valence-electron chi connectivity index (χ0n) is 21.8. The number of para-hydroxylation sites is 1. The van der Waals surface area contributed by atoms with Crippen molar-refractivity contribution in [2.45, 2.75) is 38.3 Å². The molecule has 1 aliphatic heterocycles. The highest BCUT2D eigenvalue weighted by Gasteiger charge is 2.35. The molecule has 6 rings (SSSR count).